The van der Waals surface area contributed by atoms with Crippen LogP contribution in [0.15, 0.2) is 48.5 Å². The maximum atomic E-state index is 12.2. The zero-order valence-corrected chi connectivity index (χ0v) is 17.2. The molecular weight excluding hydrogens is 414 g/mol. The van der Waals surface area contributed by atoms with Crippen molar-refractivity contribution in [3.05, 3.63) is 65.2 Å². The smallest absolute Gasteiger partial charge is 0.267 e. The molecule has 10 nitrogen and oxygen atoms in total. The topological polar surface area (TPSA) is 166 Å². The van der Waals surface area contributed by atoms with Crippen molar-refractivity contribution >= 4 is 23.4 Å². The van der Waals surface area contributed by atoms with Crippen LogP contribution in [0.25, 0.3) is 0 Å². The second-order valence-corrected chi connectivity index (χ2v) is 6.59. The molecule has 2 rings (SSSR count). The van der Waals surface area contributed by atoms with Crippen molar-refractivity contribution < 1.29 is 24.7 Å². The molecule has 0 spiro atoms. The van der Waals surface area contributed by atoms with Gasteiger partial charge >= 0.3 is 0 Å². The number of carbonyl (C=O) groups excluding carboxylic acids is 3. The Bertz CT molecular complexity index is 981. The molecule has 0 aliphatic rings. The molecular formula is C22H25N5O5. The van der Waals surface area contributed by atoms with Gasteiger partial charge in [0.1, 0.15) is 6.04 Å². The third kappa shape index (κ3) is 7.82. The van der Waals surface area contributed by atoms with Crippen LogP contribution in [0.4, 0.5) is 5.69 Å². The van der Waals surface area contributed by atoms with Gasteiger partial charge in [-0.1, -0.05) is 11.8 Å². The van der Waals surface area contributed by atoms with Crippen LogP contribution in [0, 0.1) is 11.8 Å². The summed E-state index contributed by atoms with van der Waals surface area (Å²) in [6.07, 6.45) is 0. The highest BCUT2D eigenvalue weighted by Gasteiger charge is 2.19. The average molecular weight is 439 g/mol. The minimum atomic E-state index is -1.04. The summed E-state index contributed by atoms with van der Waals surface area (Å²) in [6.45, 7) is 0.264. The van der Waals surface area contributed by atoms with Crippen molar-refractivity contribution in [3.8, 4) is 11.8 Å². The summed E-state index contributed by atoms with van der Waals surface area (Å²) in [6, 6.07) is 12.4. The second kappa shape index (κ2) is 12.8. The van der Waals surface area contributed by atoms with Gasteiger partial charge in [0.2, 0.25) is 5.91 Å². The normalized spacial score (nSPS) is 11.0. The van der Waals surface area contributed by atoms with Crippen molar-refractivity contribution in [2.24, 2.45) is 5.73 Å². The first-order valence-electron chi connectivity index (χ1n) is 9.75. The van der Waals surface area contributed by atoms with E-state index in [1.54, 1.807) is 48.5 Å². The lowest BCUT2D eigenvalue weighted by Gasteiger charge is -2.14. The highest BCUT2D eigenvalue weighted by atomic mass is 16.5. The van der Waals surface area contributed by atoms with Crippen molar-refractivity contribution in [1.29, 1.82) is 0 Å². The Labute approximate surface area is 185 Å². The van der Waals surface area contributed by atoms with Crippen LogP contribution < -0.4 is 27.2 Å². The van der Waals surface area contributed by atoms with Crippen LogP contribution in [-0.4, -0.2) is 60.3 Å². The number of nitrogens with one attached hydrogen (secondary N) is 4. The lowest BCUT2D eigenvalue weighted by Crippen LogP contribution is -2.50. The van der Waals surface area contributed by atoms with E-state index in [0.717, 1.165) is 5.56 Å². The SMILES string of the molecule is NC[C@H](NC(=O)c1ccc(C#Cc2ccc(NC(=O)CNCCO)cc2)cc1)C(=O)NO. The molecule has 32 heavy (non-hydrogen) atoms. The molecule has 3 amide bonds. The number of rotatable bonds is 9. The van der Waals surface area contributed by atoms with Gasteiger partial charge in [0.05, 0.1) is 13.2 Å². The van der Waals surface area contributed by atoms with Crippen LogP contribution in [0.1, 0.15) is 21.5 Å². The zero-order valence-electron chi connectivity index (χ0n) is 17.2. The molecule has 1 atom stereocenters. The van der Waals surface area contributed by atoms with Gasteiger partial charge in [0, 0.05) is 35.5 Å². The summed E-state index contributed by atoms with van der Waals surface area (Å²) in [5.74, 6) is 4.46. The van der Waals surface area contributed by atoms with Gasteiger partial charge in [-0.2, -0.15) is 0 Å². The number of hydrogen-bond acceptors (Lipinski definition) is 7. The summed E-state index contributed by atoms with van der Waals surface area (Å²) in [4.78, 5) is 35.3. The molecule has 0 heterocycles. The molecule has 10 heteroatoms. The third-order valence-corrected chi connectivity index (χ3v) is 4.21. The molecule has 0 unspecified atom stereocenters. The van der Waals surface area contributed by atoms with E-state index in [1.165, 1.54) is 5.48 Å². The van der Waals surface area contributed by atoms with Gasteiger partial charge in [-0.25, -0.2) is 5.48 Å². The van der Waals surface area contributed by atoms with Crippen LogP contribution in [-0.2, 0) is 9.59 Å². The molecule has 0 aliphatic heterocycles. The Morgan fingerprint density at radius 2 is 1.56 bits per heavy atom. The van der Waals surface area contributed by atoms with Gasteiger partial charge in [-0.05, 0) is 48.5 Å². The number of hydroxylamine groups is 1. The van der Waals surface area contributed by atoms with E-state index in [9.17, 15) is 14.4 Å². The molecule has 168 valence electrons. The fraction of sp³-hybridized carbons (Fsp3) is 0.227. The summed E-state index contributed by atoms with van der Waals surface area (Å²) in [7, 11) is 0. The van der Waals surface area contributed by atoms with E-state index in [4.69, 9.17) is 16.0 Å². The van der Waals surface area contributed by atoms with Gasteiger partial charge in [0.25, 0.3) is 11.8 Å². The Hall–Kier alpha value is -3.75. The molecule has 0 fully saturated rings. The predicted molar refractivity (Wildman–Crippen MR) is 118 cm³/mol. The first-order valence-corrected chi connectivity index (χ1v) is 9.75. The van der Waals surface area contributed by atoms with Crippen molar-refractivity contribution in [2.75, 3.05) is 31.6 Å². The second-order valence-electron chi connectivity index (χ2n) is 6.59. The van der Waals surface area contributed by atoms with Crippen LogP contribution in [0.5, 0.6) is 0 Å². The van der Waals surface area contributed by atoms with E-state index in [-0.39, 0.29) is 25.6 Å². The van der Waals surface area contributed by atoms with E-state index in [1.807, 2.05) is 0 Å². The van der Waals surface area contributed by atoms with Crippen molar-refractivity contribution in [3.63, 3.8) is 0 Å². The van der Waals surface area contributed by atoms with Gasteiger partial charge in [-0.3, -0.25) is 19.6 Å². The molecule has 8 N–H and O–H groups in total. The highest BCUT2D eigenvalue weighted by molar-refractivity contribution is 5.97. The molecule has 0 saturated heterocycles. The molecule has 2 aromatic carbocycles. The van der Waals surface area contributed by atoms with Gasteiger partial charge in [0.15, 0.2) is 0 Å². The molecule has 0 radical (unpaired) electrons. The van der Waals surface area contributed by atoms with E-state index in [2.05, 4.69) is 27.8 Å². The van der Waals surface area contributed by atoms with E-state index < -0.39 is 17.9 Å². The summed E-state index contributed by atoms with van der Waals surface area (Å²) < 4.78 is 0. The lowest BCUT2D eigenvalue weighted by atomic mass is 10.1. The predicted octanol–water partition coefficient (Wildman–Crippen LogP) is -0.831. The quantitative estimate of drug-likeness (QED) is 0.116. The number of amides is 3. The van der Waals surface area contributed by atoms with Crippen LogP contribution in [0.2, 0.25) is 0 Å². The zero-order chi connectivity index (χ0) is 23.3. The Balaban J connectivity index is 1.94. The van der Waals surface area contributed by atoms with E-state index >= 15 is 0 Å². The van der Waals surface area contributed by atoms with Crippen LogP contribution >= 0.6 is 0 Å². The van der Waals surface area contributed by atoms with Crippen molar-refractivity contribution in [1.82, 2.24) is 16.1 Å². The maximum absolute atomic E-state index is 12.2. The first-order chi connectivity index (χ1) is 15.5. The number of aliphatic hydroxyl groups is 1. The van der Waals surface area contributed by atoms with Crippen molar-refractivity contribution in [2.45, 2.75) is 6.04 Å². The molecule has 0 saturated carbocycles. The third-order valence-electron chi connectivity index (χ3n) is 4.21. The Kier molecular flexibility index (Phi) is 9.83. The number of anilines is 1. The average Bonchev–Trinajstić information content (AvgIpc) is 2.82. The monoisotopic (exact) mass is 439 g/mol. The number of carbonyl (C=O) groups is 3. The molecule has 2 aromatic rings. The Morgan fingerprint density at radius 3 is 2.09 bits per heavy atom. The summed E-state index contributed by atoms with van der Waals surface area (Å²) in [5.41, 5.74) is 9.23. The number of aliphatic hydroxyl groups excluding tert-OH is 1. The van der Waals surface area contributed by atoms with Crippen LogP contribution in [0.3, 0.4) is 0 Å². The van der Waals surface area contributed by atoms with E-state index in [0.29, 0.717) is 23.4 Å². The van der Waals surface area contributed by atoms with Gasteiger partial charge in [-0.15, -0.1) is 0 Å². The summed E-state index contributed by atoms with van der Waals surface area (Å²) >= 11 is 0. The number of hydrogen-bond donors (Lipinski definition) is 7. The fourth-order valence-electron chi connectivity index (χ4n) is 2.52. The maximum Gasteiger partial charge on any atom is 0.267 e. The van der Waals surface area contributed by atoms with Gasteiger partial charge < -0.3 is 26.8 Å². The number of nitrogens with two attached hydrogens (primary N) is 1. The number of benzene rings is 2. The summed E-state index contributed by atoms with van der Waals surface area (Å²) in [5, 5.41) is 25.3. The highest BCUT2D eigenvalue weighted by Crippen LogP contribution is 2.09. The minimum Gasteiger partial charge on any atom is -0.395 e. The molecule has 0 aromatic heterocycles. The molecule has 0 bridgehead atoms. The lowest BCUT2D eigenvalue weighted by molar-refractivity contribution is -0.130. The fourth-order valence-corrected chi connectivity index (χ4v) is 2.52. The standard InChI is InChI=1S/C22H25N5O5/c23-13-19(22(31)27-32)26-21(30)17-7-3-15(4-8-17)1-2-16-5-9-18(10-6-16)25-20(29)14-24-11-12-28/h3-10,19,24,28,32H,11-14,23H2,(H,25,29)(H,26,30)(H,27,31)/t19-/m0/s1. The largest absolute Gasteiger partial charge is 0.395 e. The molecule has 0 aliphatic carbocycles. The Morgan fingerprint density at radius 1 is 0.969 bits per heavy atom. The minimum absolute atomic E-state index is 0.0331. The first kappa shape index (κ1) is 24.5.